The number of aliphatic hydroxyl groups is 2. The maximum Gasteiger partial charge on any atom is 0 e. The molecule has 1 aliphatic carbocycles. The van der Waals surface area contributed by atoms with Gasteiger partial charge in [0.05, 0.1) is 5.56 Å². The number of hydrogen-bond donors (Lipinski definition) is 2. The first-order valence-electron chi connectivity index (χ1n) is 6.22. The molecule has 0 spiro atoms. The molecule has 0 unspecified atom stereocenters. The Hall–Kier alpha value is -2.17. The molecule has 0 saturated carbocycles. The van der Waals surface area contributed by atoms with Crippen LogP contribution in [0.3, 0.4) is 0 Å². The predicted octanol–water partition coefficient (Wildman–Crippen LogP) is 0.946. The molecule has 25 heavy (non-hydrogen) atoms. The van der Waals surface area contributed by atoms with Crippen molar-refractivity contribution in [3.63, 3.8) is 0 Å². The SMILES string of the molecule is O=C(OC[C@]1(O)C=CC=C[C@H]1O)c1ccccc1.[C-]#[O+].[C-]#[O+].[C-]#[O+].[Fe]. The largest absolute Gasteiger partial charge is 0 e. The Morgan fingerprint density at radius 2 is 1.60 bits per heavy atom. The summed E-state index contributed by atoms with van der Waals surface area (Å²) >= 11 is 0. The van der Waals surface area contributed by atoms with E-state index in [0.717, 1.165) is 0 Å². The fourth-order valence-electron chi connectivity index (χ4n) is 1.63. The van der Waals surface area contributed by atoms with Crippen molar-refractivity contribution in [1.29, 1.82) is 0 Å². The van der Waals surface area contributed by atoms with E-state index >= 15 is 0 Å². The summed E-state index contributed by atoms with van der Waals surface area (Å²) in [4.78, 5) is 11.7. The van der Waals surface area contributed by atoms with Crippen molar-refractivity contribution in [2.24, 2.45) is 0 Å². The smallest absolute Gasteiger partial charge is 0 e. The van der Waals surface area contributed by atoms with Crippen LogP contribution in [0.5, 0.6) is 0 Å². The minimum absolute atomic E-state index is 0. The van der Waals surface area contributed by atoms with Gasteiger partial charge >= 0.3 is 39.9 Å². The Balaban J connectivity index is -0.000000626. The van der Waals surface area contributed by atoms with Gasteiger partial charge in [-0.3, -0.25) is 0 Å². The number of hydrogen-bond acceptors (Lipinski definition) is 4. The van der Waals surface area contributed by atoms with Crippen LogP contribution in [0.1, 0.15) is 10.4 Å². The molecule has 0 fully saturated rings. The predicted molar refractivity (Wildman–Crippen MR) is 77.7 cm³/mol. The van der Waals surface area contributed by atoms with E-state index in [1.54, 1.807) is 42.5 Å². The van der Waals surface area contributed by atoms with Crippen molar-refractivity contribution in [3.05, 3.63) is 80.2 Å². The van der Waals surface area contributed by atoms with E-state index in [1.165, 1.54) is 12.2 Å². The fourth-order valence-corrected chi connectivity index (χ4v) is 1.63. The first kappa shape index (κ1) is 27.7. The van der Waals surface area contributed by atoms with Gasteiger partial charge in [-0.25, -0.2) is 4.79 Å². The Labute approximate surface area is 155 Å². The number of allylic oxidation sites excluding steroid dienone is 2. The zero-order valence-electron chi connectivity index (χ0n) is 12.8. The summed E-state index contributed by atoms with van der Waals surface area (Å²) in [7, 11) is 0. The Kier molecular flexibility index (Phi) is 18.5. The van der Waals surface area contributed by atoms with Crippen molar-refractivity contribution in [3.8, 4) is 0 Å². The zero-order chi connectivity index (χ0) is 19.0. The van der Waals surface area contributed by atoms with Crippen molar-refractivity contribution >= 4 is 5.97 Å². The van der Waals surface area contributed by atoms with Gasteiger partial charge in [0.1, 0.15) is 18.3 Å². The number of benzene rings is 1. The van der Waals surface area contributed by atoms with Crippen LogP contribution in [-0.2, 0) is 35.8 Å². The molecule has 7 nitrogen and oxygen atoms in total. The molecule has 0 radical (unpaired) electrons. The normalized spacial score (nSPS) is 19.0. The molecule has 8 heteroatoms. The van der Waals surface area contributed by atoms with Gasteiger partial charge in [-0.1, -0.05) is 36.4 Å². The third-order valence-electron chi connectivity index (χ3n) is 2.75. The van der Waals surface area contributed by atoms with Gasteiger partial charge in [-0.05, 0) is 18.2 Å². The second kappa shape index (κ2) is 16.7. The molecule has 0 bridgehead atoms. The van der Waals surface area contributed by atoms with E-state index < -0.39 is 17.7 Å². The quantitative estimate of drug-likeness (QED) is 0.347. The Morgan fingerprint density at radius 3 is 2.08 bits per heavy atom. The van der Waals surface area contributed by atoms with Crippen LogP contribution in [0.2, 0.25) is 0 Å². The summed E-state index contributed by atoms with van der Waals surface area (Å²) in [6, 6.07) is 8.49. The van der Waals surface area contributed by atoms with Crippen molar-refractivity contribution in [2.75, 3.05) is 6.61 Å². The van der Waals surface area contributed by atoms with Crippen LogP contribution < -0.4 is 0 Å². The second-order valence-electron chi connectivity index (χ2n) is 4.12. The molecule has 1 aromatic carbocycles. The average Bonchev–Trinajstić information content (AvgIpc) is 2.68. The standard InChI is InChI=1S/C14H14O4.3CO.Fe/c15-12-8-4-5-9-14(12,17)10-18-13(16)11-6-2-1-3-7-11;3*1-2;/h1-9,12,15,17H,10H2;;;;/t12-,14-;;;;/m1..../s1. The second-order valence-corrected chi connectivity index (χ2v) is 4.12. The molecule has 0 aromatic heterocycles. The molecule has 0 aliphatic heterocycles. The zero-order valence-corrected chi connectivity index (χ0v) is 13.9. The number of carbonyl (C=O) groups is 1. The molecule has 2 atom stereocenters. The number of ether oxygens (including phenoxy) is 1. The summed E-state index contributed by atoms with van der Waals surface area (Å²) in [5.41, 5.74) is -1.15. The van der Waals surface area contributed by atoms with E-state index in [9.17, 15) is 15.0 Å². The molecule has 0 amide bonds. The van der Waals surface area contributed by atoms with Crippen LogP contribution in [0, 0.1) is 20.0 Å². The summed E-state index contributed by atoms with van der Waals surface area (Å²) < 4.78 is 27.5. The first-order valence-corrected chi connectivity index (χ1v) is 6.22. The summed E-state index contributed by atoms with van der Waals surface area (Å²) in [6.45, 7) is 13.2. The van der Waals surface area contributed by atoms with Gasteiger partial charge in [0.25, 0.3) is 0 Å². The minimum Gasteiger partial charge on any atom is 0 e. The third-order valence-corrected chi connectivity index (χ3v) is 2.75. The van der Waals surface area contributed by atoms with Gasteiger partial charge < -0.3 is 14.9 Å². The molecule has 0 heterocycles. The van der Waals surface area contributed by atoms with Crippen molar-refractivity contribution < 1.29 is 50.8 Å². The van der Waals surface area contributed by atoms with E-state index in [2.05, 4.69) is 20.0 Å². The Morgan fingerprint density at radius 1 is 1.08 bits per heavy atom. The molecule has 1 aliphatic rings. The summed E-state index contributed by atoms with van der Waals surface area (Å²) in [5.74, 6) is -0.529. The van der Waals surface area contributed by atoms with Crippen molar-refractivity contribution in [1.82, 2.24) is 0 Å². The van der Waals surface area contributed by atoms with Gasteiger partial charge in [0.2, 0.25) is 0 Å². The number of rotatable bonds is 3. The third kappa shape index (κ3) is 9.65. The maximum atomic E-state index is 11.7. The van der Waals surface area contributed by atoms with Crippen LogP contribution in [-0.4, -0.2) is 34.5 Å². The van der Waals surface area contributed by atoms with Crippen molar-refractivity contribution in [2.45, 2.75) is 11.7 Å². The molecular formula is C17H14FeO7. The molecule has 0 saturated heterocycles. The topological polar surface area (TPSA) is 126 Å². The fraction of sp³-hybridized carbons (Fsp3) is 0.176. The summed E-state index contributed by atoms with van der Waals surface area (Å²) in [5, 5.41) is 19.7. The molecule has 2 N–H and O–H groups in total. The van der Waals surface area contributed by atoms with E-state index in [1.807, 2.05) is 0 Å². The van der Waals surface area contributed by atoms with Gasteiger partial charge in [-0.15, -0.1) is 0 Å². The van der Waals surface area contributed by atoms with E-state index in [4.69, 9.17) is 18.7 Å². The molecule has 1 aromatic rings. The summed E-state index contributed by atoms with van der Waals surface area (Å²) in [6.07, 6.45) is 5.00. The minimum atomic E-state index is -1.56. The average molecular weight is 386 g/mol. The van der Waals surface area contributed by atoms with Gasteiger partial charge in [0.15, 0.2) is 0 Å². The van der Waals surface area contributed by atoms with E-state index in [0.29, 0.717) is 5.56 Å². The van der Waals surface area contributed by atoms with Gasteiger partial charge in [0, 0.05) is 17.1 Å². The number of aliphatic hydroxyl groups excluding tert-OH is 1. The first-order chi connectivity index (χ1) is 11.6. The number of esters is 1. The van der Waals surface area contributed by atoms with Gasteiger partial charge in [-0.2, -0.15) is 0 Å². The van der Waals surface area contributed by atoms with Crippen LogP contribution in [0.25, 0.3) is 0 Å². The monoisotopic (exact) mass is 386 g/mol. The van der Waals surface area contributed by atoms with Crippen LogP contribution in [0.15, 0.2) is 54.6 Å². The van der Waals surface area contributed by atoms with E-state index in [-0.39, 0.29) is 23.7 Å². The Bertz CT molecular complexity index is 590. The van der Waals surface area contributed by atoms with Crippen LogP contribution >= 0.6 is 0 Å². The molecular weight excluding hydrogens is 372 g/mol. The molecule has 132 valence electrons. The molecule has 2 rings (SSSR count). The number of carbonyl (C=O) groups excluding carboxylic acids is 1. The maximum absolute atomic E-state index is 11.7. The van der Waals surface area contributed by atoms with Crippen LogP contribution in [0.4, 0.5) is 0 Å².